The molecule has 0 spiro atoms. The molecular weight excluding hydrogens is 353 g/mol. The molecule has 1 heterocycles. The van der Waals surface area contributed by atoms with Crippen LogP contribution in [0.15, 0.2) is 12.7 Å². The lowest BCUT2D eigenvalue weighted by atomic mass is 9.93. The van der Waals surface area contributed by atoms with Gasteiger partial charge in [0.15, 0.2) is 5.69 Å². The summed E-state index contributed by atoms with van der Waals surface area (Å²) in [5.74, 6) is -2.79. The van der Waals surface area contributed by atoms with Gasteiger partial charge in [-0.25, -0.2) is 23.4 Å². The third kappa shape index (κ3) is 4.31. The number of carbonyl (C=O) groups excluding carboxylic acids is 2. The molecule has 138 valence electrons. The fraction of sp³-hybridized carbons (Fsp3) is 0.400. The molecule has 0 saturated carbocycles. The van der Waals surface area contributed by atoms with Crippen LogP contribution in [0.2, 0.25) is 0 Å². The second-order valence-electron chi connectivity index (χ2n) is 4.68. The van der Waals surface area contributed by atoms with E-state index < -0.39 is 52.6 Å². The van der Waals surface area contributed by atoms with Gasteiger partial charge in [0, 0.05) is 0 Å². The Labute approximate surface area is 139 Å². The minimum absolute atomic E-state index is 0.0119. The number of methoxy groups -OCH3 is 2. The van der Waals surface area contributed by atoms with Crippen molar-refractivity contribution in [2.45, 2.75) is 25.4 Å². The molecule has 0 aromatic carbocycles. The zero-order valence-electron chi connectivity index (χ0n) is 13.2. The molecule has 0 aliphatic carbocycles. The summed E-state index contributed by atoms with van der Waals surface area (Å²) in [6.07, 6.45) is -7.76. The van der Waals surface area contributed by atoms with Gasteiger partial charge in [-0.3, -0.25) is 0 Å². The van der Waals surface area contributed by atoms with E-state index in [9.17, 15) is 31.5 Å². The Hall–Kier alpha value is -2.52. The molecule has 0 radical (unpaired) electrons. The van der Waals surface area contributed by atoms with E-state index in [0.29, 0.717) is 0 Å². The lowest BCUT2D eigenvalue weighted by Gasteiger charge is -2.19. The Morgan fingerprint density at radius 1 is 1.16 bits per heavy atom. The highest BCUT2D eigenvalue weighted by Crippen LogP contribution is 2.37. The quantitative estimate of drug-likeness (QED) is 0.435. The summed E-state index contributed by atoms with van der Waals surface area (Å²) < 4.78 is 74.9. The number of carbonyl (C=O) groups is 2. The van der Waals surface area contributed by atoms with Crippen molar-refractivity contribution in [3.63, 3.8) is 0 Å². The number of aromatic nitrogens is 1. The van der Waals surface area contributed by atoms with Crippen LogP contribution in [0.5, 0.6) is 0 Å². The Kier molecular flexibility index (Phi) is 6.60. The van der Waals surface area contributed by atoms with Crippen LogP contribution in [0.3, 0.4) is 0 Å². The summed E-state index contributed by atoms with van der Waals surface area (Å²) >= 11 is 0. The van der Waals surface area contributed by atoms with Crippen molar-refractivity contribution in [2.75, 3.05) is 14.2 Å². The van der Waals surface area contributed by atoms with E-state index >= 15 is 0 Å². The summed E-state index contributed by atoms with van der Waals surface area (Å²) in [7, 11) is 1.68. The standard InChI is InChI=1S/C15H14F5NO4/c1-4-5-6-7-8(13(22)24-2)10(12(16)17)21-11(15(18,19)20)9(7)14(23)25-3/h4,12H,1,5-6H2,2-3H3. The number of nitrogens with zero attached hydrogens (tertiary/aromatic N) is 1. The van der Waals surface area contributed by atoms with Gasteiger partial charge in [-0.2, -0.15) is 13.2 Å². The van der Waals surface area contributed by atoms with E-state index in [2.05, 4.69) is 21.0 Å². The first-order valence-electron chi connectivity index (χ1n) is 6.79. The van der Waals surface area contributed by atoms with E-state index in [-0.39, 0.29) is 12.8 Å². The number of esters is 2. The number of rotatable bonds is 6. The molecule has 0 aliphatic rings. The maximum atomic E-state index is 13.3. The first-order valence-corrected chi connectivity index (χ1v) is 6.79. The van der Waals surface area contributed by atoms with Crippen molar-refractivity contribution in [1.82, 2.24) is 4.98 Å². The van der Waals surface area contributed by atoms with Gasteiger partial charge in [-0.1, -0.05) is 6.08 Å². The molecule has 0 amide bonds. The average molecular weight is 367 g/mol. The lowest BCUT2D eigenvalue weighted by molar-refractivity contribution is -0.142. The molecule has 0 atom stereocenters. The lowest BCUT2D eigenvalue weighted by Crippen LogP contribution is -2.24. The number of hydrogen-bond acceptors (Lipinski definition) is 5. The topological polar surface area (TPSA) is 65.5 Å². The number of pyridine rings is 1. The van der Waals surface area contributed by atoms with E-state index in [1.165, 1.54) is 6.08 Å². The molecule has 0 unspecified atom stereocenters. The van der Waals surface area contributed by atoms with E-state index in [0.717, 1.165) is 14.2 Å². The number of halogens is 5. The second kappa shape index (κ2) is 8.04. The first kappa shape index (κ1) is 20.5. The molecule has 0 N–H and O–H groups in total. The van der Waals surface area contributed by atoms with Gasteiger partial charge in [-0.15, -0.1) is 6.58 Å². The largest absolute Gasteiger partial charge is 0.465 e. The van der Waals surface area contributed by atoms with Gasteiger partial charge in [-0.05, 0) is 18.4 Å². The Morgan fingerprint density at radius 2 is 1.68 bits per heavy atom. The minimum atomic E-state index is -5.22. The zero-order chi connectivity index (χ0) is 19.4. The van der Waals surface area contributed by atoms with Gasteiger partial charge in [0.05, 0.1) is 25.3 Å². The highest BCUT2D eigenvalue weighted by Gasteiger charge is 2.42. The SMILES string of the molecule is C=CCCc1c(C(=O)OC)c(C(F)F)nc(C(F)(F)F)c1C(=O)OC. The maximum Gasteiger partial charge on any atom is 0.434 e. The highest BCUT2D eigenvalue weighted by atomic mass is 19.4. The van der Waals surface area contributed by atoms with Crippen LogP contribution in [0.1, 0.15) is 50.5 Å². The molecule has 25 heavy (non-hydrogen) atoms. The maximum absolute atomic E-state index is 13.3. The smallest absolute Gasteiger partial charge is 0.434 e. The van der Waals surface area contributed by atoms with Crippen LogP contribution in [0, 0.1) is 0 Å². The first-order chi connectivity index (χ1) is 11.6. The number of alkyl halides is 5. The van der Waals surface area contributed by atoms with Crippen LogP contribution in [0.25, 0.3) is 0 Å². The summed E-state index contributed by atoms with van der Waals surface area (Å²) in [6.45, 7) is 3.38. The normalized spacial score (nSPS) is 11.4. The van der Waals surface area contributed by atoms with Crippen LogP contribution in [-0.2, 0) is 22.1 Å². The van der Waals surface area contributed by atoms with Gasteiger partial charge in [0.2, 0.25) is 0 Å². The third-order valence-electron chi connectivity index (χ3n) is 3.18. The second-order valence-corrected chi connectivity index (χ2v) is 4.68. The summed E-state index contributed by atoms with van der Waals surface area (Å²) in [5.41, 5.74) is -5.81. The van der Waals surface area contributed by atoms with Gasteiger partial charge in [0.25, 0.3) is 6.43 Å². The fourth-order valence-electron chi connectivity index (χ4n) is 2.17. The van der Waals surface area contributed by atoms with Gasteiger partial charge < -0.3 is 9.47 Å². The number of allylic oxidation sites excluding steroid dienone is 1. The average Bonchev–Trinajstić information content (AvgIpc) is 2.55. The van der Waals surface area contributed by atoms with Crippen molar-refractivity contribution in [3.8, 4) is 0 Å². The third-order valence-corrected chi connectivity index (χ3v) is 3.18. The zero-order valence-corrected chi connectivity index (χ0v) is 13.2. The van der Waals surface area contributed by atoms with E-state index in [4.69, 9.17) is 0 Å². The van der Waals surface area contributed by atoms with Crippen LogP contribution in [-0.4, -0.2) is 31.1 Å². The summed E-state index contributed by atoms with van der Waals surface area (Å²) in [5, 5.41) is 0. The van der Waals surface area contributed by atoms with E-state index in [1.807, 2.05) is 0 Å². The van der Waals surface area contributed by atoms with Crippen molar-refractivity contribution in [1.29, 1.82) is 0 Å². The Balaban J connectivity index is 4.01. The van der Waals surface area contributed by atoms with Crippen LogP contribution in [0.4, 0.5) is 22.0 Å². The molecule has 0 aliphatic heterocycles. The minimum Gasteiger partial charge on any atom is -0.465 e. The highest BCUT2D eigenvalue weighted by molar-refractivity contribution is 5.99. The Morgan fingerprint density at radius 3 is 2.08 bits per heavy atom. The molecule has 1 rings (SSSR count). The van der Waals surface area contributed by atoms with Crippen molar-refractivity contribution in [3.05, 3.63) is 40.7 Å². The molecule has 1 aromatic heterocycles. The number of hydrogen-bond donors (Lipinski definition) is 0. The number of ether oxygens (including phenoxy) is 2. The van der Waals surface area contributed by atoms with Crippen molar-refractivity contribution < 1.29 is 41.0 Å². The molecule has 1 aromatic rings. The molecule has 0 bridgehead atoms. The van der Waals surface area contributed by atoms with Crippen LogP contribution < -0.4 is 0 Å². The predicted octanol–water partition coefficient (Wildman–Crippen LogP) is 3.73. The van der Waals surface area contributed by atoms with E-state index in [1.54, 1.807) is 0 Å². The summed E-state index contributed by atoms with van der Waals surface area (Å²) in [6, 6.07) is 0. The fourth-order valence-corrected chi connectivity index (χ4v) is 2.17. The molecule has 0 saturated heterocycles. The molecule has 10 heteroatoms. The Bertz CT molecular complexity index is 685. The van der Waals surface area contributed by atoms with Gasteiger partial charge >= 0.3 is 18.1 Å². The van der Waals surface area contributed by atoms with Gasteiger partial charge in [0.1, 0.15) is 5.69 Å². The van der Waals surface area contributed by atoms with Crippen molar-refractivity contribution >= 4 is 11.9 Å². The predicted molar refractivity (Wildman–Crippen MR) is 75.4 cm³/mol. The summed E-state index contributed by atoms with van der Waals surface area (Å²) in [4.78, 5) is 26.6. The monoisotopic (exact) mass is 367 g/mol. The molecular formula is C15H14F5NO4. The van der Waals surface area contributed by atoms with Crippen molar-refractivity contribution in [2.24, 2.45) is 0 Å². The molecule has 0 fully saturated rings. The molecule has 5 nitrogen and oxygen atoms in total. The van der Waals surface area contributed by atoms with Crippen LogP contribution >= 0.6 is 0 Å².